The normalized spacial score (nSPS) is 10.5. The van der Waals surface area contributed by atoms with Crippen LogP contribution in [0.1, 0.15) is 131 Å². The van der Waals surface area contributed by atoms with Crippen LogP contribution in [0.2, 0.25) is 0 Å². The van der Waals surface area contributed by atoms with Gasteiger partial charge >= 0.3 is 0 Å². The number of benzene rings is 3. The molecule has 216 valence electrons. The molecular weight excluding hydrogens is 506 g/mol. The van der Waals surface area contributed by atoms with Crippen molar-refractivity contribution >= 4 is 0 Å². The first-order valence-electron chi connectivity index (χ1n) is 15.8. The monoisotopic (exact) mass is 552 g/mol. The van der Waals surface area contributed by atoms with E-state index in [9.17, 15) is 8.78 Å². The zero-order valence-corrected chi connectivity index (χ0v) is 25.1. The summed E-state index contributed by atoms with van der Waals surface area (Å²) in [6, 6.07) is 18.6. The SMILES string of the molecule is CCCCCCCCCCc1ccc(C#Cc2cc(F)c(C#Cc3ccc(CCCCCCC)cc3)c(F)c2)cc1. The molecule has 3 aromatic rings. The van der Waals surface area contributed by atoms with E-state index >= 15 is 0 Å². The Kier molecular flexibility index (Phi) is 14.8. The van der Waals surface area contributed by atoms with Gasteiger partial charge in [0.15, 0.2) is 0 Å². The van der Waals surface area contributed by atoms with Crippen molar-refractivity contribution < 1.29 is 8.78 Å². The standard InChI is InChI=1S/C39H46F2/c1-3-5-7-9-10-11-13-15-17-33-18-22-34(23-19-33)26-27-36-30-38(40)37(39(41)31-36)29-28-35-24-20-32(21-25-35)16-14-12-8-6-4-2/h18-25,30-31H,3-17H2,1-2H3. The first kappa shape index (κ1) is 32.2. The highest BCUT2D eigenvalue weighted by atomic mass is 19.1. The molecule has 3 rings (SSSR count). The molecule has 0 N–H and O–H groups in total. The maximum atomic E-state index is 14.7. The lowest BCUT2D eigenvalue weighted by atomic mass is 10.0. The highest BCUT2D eigenvalue weighted by molar-refractivity contribution is 5.49. The maximum absolute atomic E-state index is 14.7. The van der Waals surface area contributed by atoms with E-state index in [1.807, 2.05) is 24.3 Å². The molecule has 3 aromatic carbocycles. The van der Waals surface area contributed by atoms with Crippen molar-refractivity contribution in [3.8, 4) is 23.7 Å². The predicted molar refractivity (Wildman–Crippen MR) is 170 cm³/mol. The lowest BCUT2D eigenvalue weighted by molar-refractivity contribution is 0.575. The molecule has 0 unspecified atom stereocenters. The highest BCUT2D eigenvalue weighted by Crippen LogP contribution is 2.16. The van der Waals surface area contributed by atoms with Gasteiger partial charge in [-0.1, -0.05) is 132 Å². The van der Waals surface area contributed by atoms with Crippen LogP contribution < -0.4 is 0 Å². The lowest BCUT2D eigenvalue weighted by Gasteiger charge is -2.03. The molecule has 0 saturated heterocycles. The van der Waals surface area contributed by atoms with Crippen molar-refractivity contribution in [1.82, 2.24) is 0 Å². The fourth-order valence-corrected chi connectivity index (χ4v) is 4.95. The fraction of sp³-hybridized carbons (Fsp3) is 0.436. The van der Waals surface area contributed by atoms with E-state index in [-0.39, 0.29) is 5.56 Å². The summed E-state index contributed by atoms with van der Waals surface area (Å²) in [6.45, 7) is 4.47. The minimum Gasteiger partial charge on any atom is -0.205 e. The van der Waals surface area contributed by atoms with Gasteiger partial charge in [-0.3, -0.25) is 0 Å². The lowest BCUT2D eigenvalue weighted by Crippen LogP contribution is -1.93. The molecule has 0 saturated carbocycles. The summed E-state index contributed by atoms with van der Waals surface area (Å²) in [7, 11) is 0. The Balaban J connectivity index is 1.50. The molecule has 0 amide bonds. The molecule has 0 atom stereocenters. The Morgan fingerprint density at radius 2 is 0.805 bits per heavy atom. The first-order chi connectivity index (χ1) is 20.1. The van der Waals surface area contributed by atoms with E-state index in [4.69, 9.17) is 0 Å². The van der Waals surface area contributed by atoms with E-state index in [1.165, 1.54) is 107 Å². The molecule has 0 aromatic heterocycles. The van der Waals surface area contributed by atoms with Gasteiger partial charge in [-0.2, -0.15) is 0 Å². The van der Waals surface area contributed by atoms with Gasteiger partial charge in [0, 0.05) is 16.7 Å². The van der Waals surface area contributed by atoms with Crippen LogP contribution in [0.5, 0.6) is 0 Å². The van der Waals surface area contributed by atoms with Crippen LogP contribution in [-0.4, -0.2) is 0 Å². The Hall–Kier alpha value is -3.36. The summed E-state index contributed by atoms with van der Waals surface area (Å²) >= 11 is 0. The van der Waals surface area contributed by atoms with Crippen molar-refractivity contribution in [2.45, 2.75) is 110 Å². The predicted octanol–water partition coefficient (Wildman–Crippen LogP) is 11.0. The van der Waals surface area contributed by atoms with Crippen LogP contribution in [0.3, 0.4) is 0 Å². The Bertz CT molecular complexity index is 1270. The van der Waals surface area contributed by atoms with Gasteiger partial charge in [0.05, 0.1) is 5.56 Å². The average molecular weight is 553 g/mol. The van der Waals surface area contributed by atoms with Gasteiger partial charge in [-0.05, 0) is 73.2 Å². The number of hydrogen-bond donors (Lipinski definition) is 0. The van der Waals surface area contributed by atoms with Crippen molar-refractivity contribution in [2.24, 2.45) is 0 Å². The van der Waals surface area contributed by atoms with E-state index in [0.29, 0.717) is 5.56 Å². The fourth-order valence-electron chi connectivity index (χ4n) is 4.95. The topological polar surface area (TPSA) is 0 Å². The summed E-state index contributed by atoms with van der Waals surface area (Å²) in [6.07, 6.45) is 18.9. The summed E-state index contributed by atoms with van der Waals surface area (Å²) in [5.74, 6) is 10.1. The number of unbranched alkanes of at least 4 members (excludes halogenated alkanes) is 11. The van der Waals surface area contributed by atoms with E-state index in [0.717, 1.165) is 24.0 Å². The smallest absolute Gasteiger partial charge is 0.143 e. The van der Waals surface area contributed by atoms with Crippen molar-refractivity contribution in [3.63, 3.8) is 0 Å². The highest BCUT2D eigenvalue weighted by Gasteiger charge is 2.08. The van der Waals surface area contributed by atoms with Crippen LogP contribution >= 0.6 is 0 Å². The summed E-state index contributed by atoms with van der Waals surface area (Å²) in [5, 5.41) is 0. The van der Waals surface area contributed by atoms with Crippen LogP contribution in [0.15, 0.2) is 60.7 Å². The number of rotatable bonds is 15. The Labute approximate surface area is 248 Å². The summed E-state index contributed by atoms with van der Waals surface area (Å²) in [4.78, 5) is 0. The minimum absolute atomic E-state index is 0.221. The van der Waals surface area contributed by atoms with Crippen LogP contribution in [0.25, 0.3) is 0 Å². The quantitative estimate of drug-likeness (QED) is 0.130. The molecule has 0 heterocycles. The summed E-state index contributed by atoms with van der Waals surface area (Å²) < 4.78 is 29.4. The molecule has 0 radical (unpaired) electrons. The molecule has 0 fully saturated rings. The molecule has 0 spiro atoms. The average Bonchev–Trinajstić information content (AvgIpc) is 2.98. The van der Waals surface area contributed by atoms with Crippen LogP contribution in [0, 0.1) is 35.3 Å². The second-order valence-corrected chi connectivity index (χ2v) is 11.1. The molecule has 2 heteroatoms. The largest absolute Gasteiger partial charge is 0.205 e. The van der Waals surface area contributed by atoms with Gasteiger partial charge < -0.3 is 0 Å². The van der Waals surface area contributed by atoms with Crippen molar-refractivity contribution in [2.75, 3.05) is 0 Å². The third kappa shape index (κ3) is 12.4. The van der Waals surface area contributed by atoms with Gasteiger partial charge in [0.25, 0.3) is 0 Å². The van der Waals surface area contributed by atoms with Gasteiger partial charge in [-0.25, -0.2) is 8.78 Å². The molecule has 41 heavy (non-hydrogen) atoms. The molecular formula is C39H46F2. The van der Waals surface area contributed by atoms with Gasteiger partial charge in [0.1, 0.15) is 11.6 Å². The number of halogens is 2. The number of aryl methyl sites for hydroxylation is 2. The second kappa shape index (κ2) is 18.9. The van der Waals surface area contributed by atoms with Crippen LogP contribution in [-0.2, 0) is 12.8 Å². The van der Waals surface area contributed by atoms with Gasteiger partial charge in [0.2, 0.25) is 0 Å². The second-order valence-electron chi connectivity index (χ2n) is 11.1. The van der Waals surface area contributed by atoms with E-state index in [1.54, 1.807) is 0 Å². The van der Waals surface area contributed by atoms with E-state index in [2.05, 4.69) is 61.8 Å². The van der Waals surface area contributed by atoms with Crippen LogP contribution in [0.4, 0.5) is 8.78 Å². The van der Waals surface area contributed by atoms with Crippen molar-refractivity contribution in [3.05, 3.63) is 106 Å². The minimum atomic E-state index is -0.689. The zero-order chi connectivity index (χ0) is 29.1. The zero-order valence-electron chi connectivity index (χ0n) is 25.1. The maximum Gasteiger partial charge on any atom is 0.143 e. The molecule has 0 aliphatic rings. The number of hydrogen-bond acceptors (Lipinski definition) is 0. The molecule has 0 nitrogen and oxygen atoms in total. The van der Waals surface area contributed by atoms with Gasteiger partial charge in [-0.15, -0.1) is 0 Å². The Morgan fingerprint density at radius 3 is 1.24 bits per heavy atom. The third-order valence-corrected chi connectivity index (χ3v) is 7.52. The molecule has 0 aliphatic heterocycles. The molecule has 0 aliphatic carbocycles. The van der Waals surface area contributed by atoms with Crippen molar-refractivity contribution in [1.29, 1.82) is 0 Å². The van der Waals surface area contributed by atoms with E-state index < -0.39 is 11.6 Å². The first-order valence-corrected chi connectivity index (χ1v) is 15.8. The summed E-state index contributed by atoms with van der Waals surface area (Å²) in [5.41, 5.74) is 4.23. The molecule has 0 bridgehead atoms. The Morgan fingerprint density at radius 1 is 0.439 bits per heavy atom. The third-order valence-electron chi connectivity index (χ3n) is 7.52.